The predicted molar refractivity (Wildman–Crippen MR) is 121 cm³/mol. The SMILES string of the molecule is O=C(c1c(F)ccc(F)c1F)N1CCC(N2CC(n3cc(-c4ncnc5[nH]ccc45)cn3)C2)CC1. The minimum atomic E-state index is -1.43. The van der Waals surface area contributed by atoms with Crippen molar-refractivity contribution in [2.45, 2.75) is 24.9 Å². The van der Waals surface area contributed by atoms with Gasteiger partial charge in [-0.3, -0.25) is 14.4 Å². The Labute approximate surface area is 198 Å². The molecule has 0 saturated carbocycles. The number of halogens is 3. The van der Waals surface area contributed by atoms with E-state index in [2.05, 4.69) is 25.0 Å². The highest BCUT2D eigenvalue weighted by atomic mass is 19.2. The first-order valence-electron chi connectivity index (χ1n) is 11.5. The quantitative estimate of drug-likeness (QED) is 0.452. The molecule has 3 aromatic heterocycles. The van der Waals surface area contributed by atoms with Crippen LogP contribution in [0, 0.1) is 17.5 Å². The highest BCUT2D eigenvalue weighted by Gasteiger charge is 2.37. The number of nitrogens with zero attached hydrogens (tertiary/aromatic N) is 6. The van der Waals surface area contributed by atoms with Crippen LogP contribution >= 0.6 is 0 Å². The monoisotopic (exact) mass is 481 g/mol. The number of benzene rings is 1. The first-order valence-corrected chi connectivity index (χ1v) is 11.5. The van der Waals surface area contributed by atoms with Crippen molar-refractivity contribution in [3.05, 3.63) is 66.1 Å². The van der Waals surface area contributed by atoms with E-state index in [9.17, 15) is 18.0 Å². The number of hydrogen-bond donors (Lipinski definition) is 1. The lowest BCUT2D eigenvalue weighted by atomic mass is 9.97. The van der Waals surface area contributed by atoms with Crippen molar-refractivity contribution in [3.8, 4) is 11.3 Å². The zero-order chi connectivity index (χ0) is 24.1. The molecule has 0 bridgehead atoms. The first kappa shape index (κ1) is 21.8. The van der Waals surface area contributed by atoms with Crippen LogP contribution in [0.3, 0.4) is 0 Å². The van der Waals surface area contributed by atoms with Crippen molar-refractivity contribution >= 4 is 16.9 Å². The number of aromatic amines is 1. The highest BCUT2D eigenvalue weighted by molar-refractivity contribution is 5.95. The van der Waals surface area contributed by atoms with Crippen LogP contribution in [0.2, 0.25) is 0 Å². The second-order valence-electron chi connectivity index (χ2n) is 9.02. The number of amides is 1. The molecule has 180 valence electrons. The molecule has 1 N–H and O–H groups in total. The molecule has 0 spiro atoms. The number of piperidine rings is 1. The zero-order valence-corrected chi connectivity index (χ0v) is 18.7. The number of aromatic nitrogens is 5. The van der Waals surface area contributed by atoms with Gasteiger partial charge in [-0.15, -0.1) is 0 Å². The van der Waals surface area contributed by atoms with Crippen LogP contribution in [-0.2, 0) is 0 Å². The van der Waals surface area contributed by atoms with Crippen LogP contribution in [0.25, 0.3) is 22.3 Å². The Morgan fingerprint density at radius 1 is 1.00 bits per heavy atom. The molecule has 35 heavy (non-hydrogen) atoms. The molecule has 2 aliphatic rings. The number of hydrogen-bond acceptors (Lipinski definition) is 5. The fraction of sp³-hybridized carbons (Fsp3) is 0.333. The molecule has 0 aliphatic carbocycles. The number of nitrogens with one attached hydrogen (secondary N) is 1. The molecule has 4 aromatic rings. The molecule has 1 amide bonds. The Morgan fingerprint density at radius 3 is 2.57 bits per heavy atom. The molecular weight excluding hydrogens is 459 g/mol. The first-order chi connectivity index (χ1) is 17.0. The molecule has 0 unspecified atom stereocenters. The third-order valence-corrected chi connectivity index (χ3v) is 7.02. The summed E-state index contributed by atoms with van der Waals surface area (Å²) in [6, 6.07) is 3.92. The number of H-pyrrole nitrogens is 1. The maximum absolute atomic E-state index is 14.0. The lowest BCUT2D eigenvalue weighted by molar-refractivity contribution is 0.0195. The Bertz CT molecular complexity index is 1400. The maximum Gasteiger partial charge on any atom is 0.259 e. The summed E-state index contributed by atoms with van der Waals surface area (Å²) < 4.78 is 43.5. The fourth-order valence-electron chi connectivity index (χ4n) is 5.03. The van der Waals surface area contributed by atoms with Gasteiger partial charge in [-0.05, 0) is 31.0 Å². The van der Waals surface area contributed by atoms with Gasteiger partial charge in [0, 0.05) is 55.6 Å². The van der Waals surface area contributed by atoms with Crippen molar-refractivity contribution in [3.63, 3.8) is 0 Å². The van der Waals surface area contributed by atoms with E-state index < -0.39 is 28.9 Å². The van der Waals surface area contributed by atoms with Crippen molar-refractivity contribution in [2.75, 3.05) is 26.2 Å². The van der Waals surface area contributed by atoms with Crippen molar-refractivity contribution in [2.24, 2.45) is 0 Å². The fourth-order valence-corrected chi connectivity index (χ4v) is 5.03. The van der Waals surface area contributed by atoms with Crippen LogP contribution in [-0.4, -0.2) is 72.7 Å². The Kier molecular flexibility index (Phi) is 5.28. The summed E-state index contributed by atoms with van der Waals surface area (Å²) in [5.74, 6) is -4.50. The minimum Gasteiger partial charge on any atom is -0.346 e. The molecule has 1 aromatic carbocycles. The summed E-state index contributed by atoms with van der Waals surface area (Å²) in [6.07, 6.45) is 8.56. The molecular formula is C24H22F3N7O. The molecule has 6 rings (SSSR count). The van der Waals surface area contributed by atoms with E-state index in [1.807, 2.05) is 29.3 Å². The van der Waals surface area contributed by atoms with Gasteiger partial charge in [-0.25, -0.2) is 23.1 Å². The Balaban J connectivity index is 1.06. The summed E-state index contributed by atoms with van der Waals surface area (Å²) >= 11 is 0. The van der Waals surface area contributed by atoms with Crippen molar-refractivity contribution in [1.82, 2.24) is 34.5 Å². The van der Waals surface area contributed by atoms with E-state index in [0.29, 0.717) is 32.0 Å². The van der Waals surface area contributed by atoms with Crippen LogP contribution in [0.5, 0.6) is 0 Å². The van der Waals surface area contributed by atoms with Gasteiger partial charge in [0.05, 0.1) is 17.9 Å². The maximum atomic E-state index is 14.0. The summed E-state index contributed by atoms with van der Waals surface area (Å²) in [6.45, 7) is 2.39. The van der Waals surface area contributed by atoms with E-state index >= 15 is 0 Å². The second-order valence-corrected chi connectivity index (χ2v) is 9.02. The van der Waals surface area contributed by atoms with E-state index in [4.69, 9.17) is 0 Å². The largest absolute Gasteiger partial charge is 0.346 e. The average molecular weight is 481 g/mol. The smallest absolute Gasteiger partial charge is 0.259 e. The number of rotatable bonds is 4. The van der Waals surface area contributed by atoms with E-state index in [1.54, 1.807) is 0 Å². The van der Waals surface area contributed by atoms with E-state index in [0.717, 1.165) is 41.4 Å². The van der Waals surface area contributed by atoms with Gasteiger partial charge < -0.3 is 9.88 Å². The molecule has 0 atom stereocenters. The lowest BCUT2D eigenvalue weighted by Crippen LogP contribution is -2.56. The Hall–Kier alpha value is -3.73. The number of carbonyl (C=O) groups excluding carboxylic acids is 1. The standard InChI is InChI=1S/C24H22F3N7O/c25-18-1-2-19(26)21(27)20(18)24(35)32-7-4-15(5-8-32)33-11-16(12-33)34-10-14(9-31-34)22-17-3-6-28-23(17)30-13-29-22/h1-3,6,9-10,13,15-16H,4-5,7-8,11-12H2,(H,28,29,30). The third-order valence-electron chi connectivity index (χ3n) is 7.02. The average Bonchev–Trinajstić information content (AvgIpc) is 3.51. The Morgan fingerprint density at radius 2 is 1.77 bits per heavy atom. The minimum absolute atomic E-state index is 0.238. The third kappa shape index (κ3) is 3.75. The summed E-state index contributed by atoms with van der Waals surface area (Å²) in [5.41, 5.74) is 1.73. The number of likely N-dealkylation sites (tertiary alicyclic amines) is 2. The highest BCUT2D eigenvalue weighted by Crippen LogP contribution is 2.31. The van der Waals surface area contributed by atoms with Gasteiger partial charge in [-0.2, -0.15) is 5.10 Å². The second kappa shape index (κ2) is 8.49. The summed E-state index contributed by atoms with van der Waals surface area (Å²) in [5, 5.41) is 5.49. The van der Waals surface area contributed by atoms with Crippen LogP contribution in [0.1, 0.15) is 29.2 Å². The summed E-state index contributed by atoms with van der Waals surface area (Å²) in [4.78, 5) is 28.1. The molecule has 2 aliphatic heterocycles. The predicted octanol–water partition coefficient (Wildman–Crippen LogP) is 3.40. The molecule has 2 fully saturated rings. The molecule has 11 heteroatoms. The van der Waals surface area contributed by atoms with E-state index in [1.165, 1.54) is 11.2 Å². The normalized spacial score (nSPS) is 17.7. The van der Waals surface area contributed by atoms with Crippen LogP contribution in [0.15, 0.2) is 43.1 Å². The molecule has 5 heterocycles. The molecule has 2 saturated heterocycles. The van der Waals surface area contributed by atoms with Crippen LogP contribution in [0.4, 0.5) is 13.2 Å². The summed E-state index contributed by atoms with van der Waals surface area (Å²) in [7, 11) is 0. The van der Waals surface area contributed by atoms with Crippen LogP contribution < -0.4 is 0 Å². The lowest BCUT2D eigenvalue weighted by Gasteiger charge is -2.47. The molecule has 0 radical (unpaired) electrons. The van der Waals surface area contributed by atoms with Gasteiger partial charge >= 0.3 is 0 Å². The van der Waals surface area contributed by atoms with Gasteiger partial charge in [0.2, 0.25) is 0 Å². The topological polar surface area (TPSA) is 82.9 Å². The number of fused-ring (bicyclic) bond motifs is 1. The van der Waals surface area contributed by atoms with Gasteiger partial charge in [0.15, 0.2) is 11.6 Å². The van der Waals surface area contributed by atoms with Gasteiger partial charge in [0.25, 0.3) is 5.91 Å². The number of carbonyl (C=O) groups is 1. The zero-order valence-electron chi connectivity index (χ0n) is 18.7. The van der Waals surface area contributed by atoms with E-state index in [-0.39, 0.29) is 12.1 Å². The van der Waals surface area contributed by atoms with Crippen molar-refractivity contribution in [1.29, 1.82) is 0 Å². The molecule has 8 nitrogen and oxygen atoms in total. The van der Waals surface area contributed by atoms with Crippen molar-refractivity contribution < 1.29 is 18.0 Å². The van der Waals surface area contributed by atoms with Gasteiger partial charge in [0.1, 0.15) is 23.4 Å². The van der Waals surface area contributed by atoms with Gasteiger partial charge in [-0.1, -0.05) is 0 Å².